The van der Waals surface area contributed by atoms with Crippen LogP contribution in [0.5, 0.6) is 0 Å². The molecule has 0 atom stereocenters. The highest BCUT2D eigenvalue weighted by atomic mass is 32.1. The van der Waals surface area contributed by atoms with E-state index in [1.54, 1.807) is 23.5 Å². The van der Waals surface area contributed by atoms with Gasteiger partial charge in [0.2, 0.25) is 5.13 Å². The van der Waals surface area contributed by atoms with Crippen molar-refractivity contribution < 1.29 is 9.90 Å². The molecule has 33 heavy (non-hydrogen) atoms. The topological polar surface area (TPSA) is 78.4 Å². The van der Waals surface area contributed by atoms with Crippen LogP contribution in [0.3, 0.4) is 0 Å². The van der Waals surface area contributed by atoms with Gasteiger partial charge in [0.1, 0.15) is 5.01 Å². The van der Waals surface area contributed by atoms with Crippen molar-refractivity contribution in [3.05, 3.63) is 53.0 Å². The van der Waals surface area contributed by atoms with E-state index in [4.69, 9.17) is 0 Å². The van der Waals surface area contributed by atoms with Gasteiger partial charge in [-0.2, -0.15) is 0 Å². The van der Waals surface area contributed by atoms with E-state index in [1.807, 2.05) is 24.3 Å². The van der Waals surface area contributed by atoms with E-state index in [9.17, 15) is 9.90 Å². The van der Waals surface area contributed by atoms with Gasteiger partial charge in [-0.3, -0.25) is 0 Å². The lowest BCUT2D eigenvalue weighted by Crippen LogP contribution is -2.31. The Labute approximate surface area is 199 Å². The van der Waals surface area contributed by atoms with Crippen molar-refractivity contribution in [1.82, 2.24) is 10.2 Å². The summed E-state index contributed by atoms with van der Waals surface area (Å²) in [5.74, 6) is 0.646. The first-order valence-electron chi connectivity index (χ1n) is 11.6. The predicted molar refractivity (Wildman–Crippen MR) is 136 cm³/mol. The Balaban J connectivity index is 1.77. The van der Waals surface area contributed by atoms with Crippen LogP contribution in [0, 0.1) is 11.8 Å². The third-order valence-corrected chi connectivity index (χ3v) is 6.59. The Morgan fingerprint density at radius 2 is 1.79 bits per heavy atom. The third kappa shape index (κ3) is 5.71. The summed E-state index contributed by atoms with van der Waals surface area (Å²) in [6, 6.07) is 13.3. The first-order chi connectivity index (χ1) is 15.8. The van der Waals surface area contributed by atoms with Crippen molar-refractivity contribution in [3.63, 3.8) is 0 Å². The van der Waals surface area contributed by atoms with E-state index < -0.39 is 5.97 Å². The average Bonchev–Trinajstić information content (AvgIpc) is 3.51. The molecule has 1 aromatic heterocycles. The number of rotatable bonds is 10. The van der Waals surface area contributed by atoms with Crippen LogP contribution >= 0.6 is 11.3 Å². The minimum absolute atomic E-state index is 0.296. The summed E-state index contributed by atoms with van der Waals surface area (Å²) in [4.78, 5) is 14.2. The predicted octanol–water partition coefficient (Wildman–Crippen LogP) is 6.64. The zero-order valence-corrected chi connectivity index (χ0v) is 20.5. The molecule has 1 heterocycles. The molecule has 1 saturated carbocycles. The zero-order valence-electron chi connectivity index (χ0n) is 19.7. The molecule has 7 heteroatoms. The summed E-state index contributed by atoms with van der Waals surface area (Å²) in [6.45, 7) is 10.8. The minimum Gasteiger partial charge on any atom is -0.478 e. The SMILES string of the molecule is CC(C)CN(CC(C)C)c1ccc(-c2ccccc2C(=O)O)cc1Nc1nnc(C2CC2)s1. The van der Waals surface area contributed by atoms with Crippen molar-refractivity contribution >= 4 is 33.8 Å². The maximum absolute atomic E-state index is 11.8. The first-order valence-corrected chi connectivity index (χ1v) is 12.5. The fraction of sp³-hybridized carbons (Fsp3) is 0.423. The van der Waals surface area contributed by atoms with E-state index in [2.05, 4.69) is 54.2 Å². The fourth-order valence-electron chi connectivity index (χ4n) is 4.05. The van der Waals surface area contributed by atoms with E-state index in [1.165, 1.54) is 12.8 Å². The van der Waals surface area contributed by atoms with Crippen LogP contribution in [0.15, 0.2) is 42.5 Å². The molecule has 3 aromatic rings. The van der Waals surface area contributed by atoms with Crippen molar-refractivity contribution in [3.8, 4) is 11.1 Å². The molecular weight excluding hydrogens is 432 g/mol. The van der Waals surface area contributed by atoms with Crippen LogP contribution in [0.4, 0.5) is 16.5 Å². The molecule has 0 spiro atoms. The molecule has 1 fully saturated rings. The van der Waals surface area contributed by atoms with Crippen LogP contribution in [0.2, 0.25) is 0 Å². The van der Waals surface area contributed by atoms with Gasteiger partial charge in [0.25, 0.3) is 0 Å². The van der Waals surface area contributed by atoms with Gasteiger partial charge in [-0.1, -0.05) is 63.3 Å². The number of carboxylic acid groups (broad SMARTS) is 1. The highest BCUT2D eigenvalue weighted by Crippen LogP contribution is 2.43. The summed E-state index contributed by atoms with van der Waals surface area (Å²) >= 11 is 1.61. The van der Waals surface area contributed by atoms with Gasteiger partial charge in [-0.15, -0.1) is 10.2 Å². The Hall–Kier alpha value is -2.93. The normalized spacial score (nSPS) is 13.5. The Bertz CT molecular complexity index is 1110. The average molecular weight is 465 g/mol. The fourth-order valence-corrected chi connectivity index (χ4v) is 4.97. The number of carboxylic acids is 1. The number of anilines is 3. The van der Waals surface area contributed by atoms with Crippen LogP contribution < -0.4 is 10.2 Å². The van der Waals surface area contributed by atoms with Crippen molar-refractivity contribution in [2.75, 3.05) is 23.3 Å². The number of benzene rings is 2. The lowest BCUT2D eigenvalue weighted by molar-refractivity contribution is 0.0697. The molecule has 174 valence electrons. The number of aromatic carboxylic acids is 1. The Morgan fingerprint density at radius 3 is 2.42 bits per heavy atom. The van der Waals surface area contributed by atoms with Crippen LogP contribution in [0.1, 0.15) is 61.8 Å². The van der Waals surface area contributed by atoms with Crippen molar-refractivity contribution in [2.24, 2.45) is 11.8 Å². The van der Waals surface area contributed by atoms with Gasteiger partial charge in [-0.25, -0.2) is 4.79 Å². The van der Waals surface area contributed by atoms with Gasteiger partial charge in [0.05, 0.1) is 16.9 Å². The number of hydrogen-bond acceptors (Lipinski definition) is 6. The van der Waals surface area contributed by atoms with Gasteiger partial charge < -0.3 is 15.3 Å². The van der Waals surface area contributed by atoms with E-state index in [0.717, 1.165) is 40.2 Å². The molecule has 4 rings (SSSR count). The first kappa shape index (κ1) is 23.2. The molecule has 1 aliphatic rings. The maximum Gasteiger partial charge on any atom is 0.336 e. The van der Waals surface area contributed by atoms with E-state index in [0.29, 0.717) is 28.9 Å². The van der Waals surface area contributed by atoms with Crippen molar-refractivity contribution in [2.45, 2.75) is 46.5 Å². The second kappa shape index (κ2) is 9.91. The second-order valence-electron chi connectivity index (χ2n) is 9.62. The standard InChI is InChI=1S/C26H32N4O2S/c1-16(2)14-30(15-17(3)4)23-12-11-19(20-7-5-6-8-21(20)25(31)32)13-22(23)27-26-29-28-24(33-26)18-9-10-18/h5-8,11-13,16-18H,9-10,14-15H2,1-4H3,(H,27,29)(H,31,32). The molecule has 6 nitrogen and oxygen atoms in total. The Morgan fingerprint density at radius 1 is 1.09 bits per heavy atom. The molecule has 0 saturated heterocycles. The lowest BCUT2D eigenvalue weighted by atomic mass is 9.98. The number of hydrogen-bond donors (Lipinski definition) is 2. The van der Waals surface area contributed by atoms with E-state index >= 15 is 0 Å². The quantitative estimate of drug-likeness (QED) is 0.350. The van der Waals surface area contributed by atoms with Crippen LogP contribution in [-0.4, -0.2) is 34.4 Å². The lowest BCUT2D eigenvalue weighted by Gasteiger charge is -2.30. The molecule has 0 unspecified atom stereocenters. The van der Waals surface area contributed by atoms with Gasteiger partial charge in [-0.05, 0) is 54.0 Å². The smallest absolute Gasteiger partial charge is 0.336 e. The molecule has 1 aliphatic carbocycles. The monoisotopic (exact) mass is 464 g/mol. The largest absolute Gasteiger partial charge is 0.478 e. The third-order valence-electron chi connectivity index (χ3n) is 5.59. The highest BCUT2D eigenvalue weighted by molar-refractivity contribution is 7.15. The summed E-state index contributed by atoms with van der Waals surface area (Å²) in [5.41, 5.74) is 3.88. The maximum atomic E-state index is 11.8. The Kier molecular flexibility index (Phi) is 6.98. The zero-order chi connectivity index (χ0) is 23.5. The minimum atomic E-state index is -0.927. The highest BCUT2D eigenvalue weighted by Gasteiger charge is 2.28. The van der Waals surface area contributed by atoms with Crippen LogP contribution in [0.25, 0.3) is 11.1 Å². The van der Waals surface area contributed by atoms with Gasteiger partial charge in [0, 0.05) is 19.0 Å². The second-order valence-corrected chi connectivity index (χ2v) is 10.6. The number of nitrogens with zero attached hydrogens (tertiary/aromatic N) is 3. The van der Waals surface area contributed by atoms with E-state index in [-0.39, 0.29) is 0 Å². The summed E-state index contributed by atoms with van der Waals surface area (Å²) in [6.07, 6.45) is 2.38. The number of nitrogens with one attached hydrogen (secondary N) is 1. The van der Waals surface area contributed by atoms with Gasteiger partial charge >= 0.3 is 5.97 Å². The number of aromatic nitrogens is 2. The molecular formula is C26H32N4O2S. The molecule has 0 amide bonds. The molecule has 0 radical (unpaired) electrons. The molecule has 2 aromatic carbocycles. The summed E-state index contributed by atoms with van der Waals surface area (Å²) < 4.78 is 0. The molecule has 2 N–H and O–H groups in total. The summed E-state index contributed by atoms with van der Waals surface area (Å²) in [5, 5.41) is 23.8. The van der Waals surface area contributed by atoms with Crippen molar-refractivity contribution in [1.29, 1.82) is 0 Å². The summed E-state index contributed by atoms with van der Waals surface area (Å²) in [7, 11) is 0. The van der Waals surface area contributed by atoms with Gasteiger partial charge in [0.15, 0.2) is 0 Å². The number of carbonyl (C=O) groups is 1. The van der Waals surface area contributed by atoms with Crippen LogP contribution in [-0.2, 0) is 0 Å². The molecule has 0 bridgehead atoms. The molecule has 0 aliphatic heterocycles.